The minimum atomic E-state index is 0.358. The number of nitrogen functional groups attached to an aromatic ring is 1. The molecule has 1 saturated carbocycles. The molecule has 0 radical (unpaired) electrons. The van der Waals surface area contributed by atoms with Gasteiger partial charge in [0.2, 0.25) is 0 Å². The van der Waals surface area contributed by atoms with Gasteiger partial charge in [-0.3, -0.25) is 5.10 Å². The lowest BCUT2D eigenvalue weighted by Crippen LogP contribution is -2.25. The zero-order chi connectivity index (χ0) is 14.8. The Kier molecular flexibility index (Phi) is 3.90. The number of hydrogen-bond donors (Lipinski definition) is 2. The fourth-order valence-electron chi connectivity index (χ4n) is 3.05. The van der Waals surface area contributed by atoms with Crippen LogP contribution in [0.3, 0.4) is 0 Å². The molecule has 5 heteroatoms. The number of ether oxygens (including phenoxy) is 1. The zero-order valence-electron chi connectivity index (χ0n) is 12.9. The highest BCUT2D eigenvalue weighted by Crippen LogP contribution is 2.28. The first-order valence-corrected chi connectivity index (χ1v) is 7.88. The smallest absolute Gasteiger partial charge is 0.140 e. The van der Waals surface area contributed by atoms with Crippen molar-refractivity contribution in [3.63, 3.8) is 0 Å². The van der Waals surface area contributed by atoms with Gasteiger partial charge in [-0.25, -0.2) is 9.77 Å². The van der Waals surface area contributed by atoms with Crippen molar-refractivity contribution in [3.8, 4) is 17.1 Å². The third-order valence-corrected chi connectivity index (χ3v) is 4.29. The molecule has 114 valence electrons. The quantitative estimate of drug-likeness (QED) is 0.849. The summed E-state index contributed by atoms with van der Waals surface area (Å²) in [6.45, 7) is 4.09. The number of hydrogen-bond acceptors (Lipinski definition) is 3. The van der Waals surface area contributed by atoms with Gasteiger partial charge in [0.1, 0.15) is 11.4 Å². The summed E-state index contributed by atoms with van der Waals surface area (Å²) >= 11 is 0. The van der Waals surface area contributed by atoms with E-state index in [9.17, 15) is 0 Å². The van der Waals surface area contributed by atoms with Crippen molar-refractivity contribution in [3.05, 3.63) is 23.5 Å². The Hall–Kier alpha value is -1.91. The Morgan fingerprint density at radius 1 is 1.33 bits per heavy atom. The van der Waals surface area contributed by atoms with E-state index in [2.05, 4.69) is 17.0 Å². The molecule has 0 unspecified atom stereocenters. The van der Waals surface area contributed by atoms with Crippen LogP contribution in [0.15, 0.2) is 12.1 Å². The van der Waals surface area contributed by atoms with E-state index in [1.54, 1.807) is 4.79 Å². The number of nitrogens with two attached hydrogens (primary N) is 1. The van der Waals surface area contributed by atoms with Crippen LogP contribution in [-0.2, 0) is 6.42 Å². The summed E-state index contributed by atoms with van der Waals surface area (Å²) in [5.74, 6) is 6.67. The van der Waals surface area contributed by atoms with Crippen LogP contribution in [0, 0.1) is 6.92 Å². The maximum absolute atomic E-state index is 6.11. The van der Waals surface area contributed by atoms with E-state index in [4.69, 9.17) is 10.6 Å². The van der Waals surface area contributed by atoms with Crippen LogP contribution in [0.2, 0.25) is 0 Å². The zero-order valence-corrected chi connectivity index (χ0v) is 12.9. The highest BCUT2D eigenvalue weighted by Gasteiger charge is 2.18. The van der Waals surface area contributed by atoms with Gasteiger partial charge in [-0.2, -0.15) is 0 Å². The van der Waals surface area contributed by atoms with Gasteiger partial charge in [0.15, 0.2) is 0 Å². The number of nitrogens with one attached hydrogen (secondary N) is 1. The molecule has 1 aliphatic carbocycles. The van der Waals surface area contributed by atoms with E-state index in [1.807, 2.05) is 19.1 Å². The summed E-state index contributed by atoms with van der Waals surface area (Å²) in [5.41, 5.74) is 3.98. The predicted molar refractivity (Wildman–Crippen MR) is 83.8 cm³/mol. The van der Waals surface area contributed by atoms with Crippen molar-refractivity contribution in [1.29, 1.82) is 0 Å². The standard InChI is InChI=1S/C16H24N4O/c1-3-14-16(19-20(14)17)13-9-10-15(11(2)18-13)21-12-7-5-4-6-8-12/h9-10,12,19H,3-8,17H2,1-2H3. The molecule has 2 aromatic rings. The van der Waals surface area contributed by atoms with E-state index in [0.717, 1.165) is 47.8 Å². The van der Waals surface area contributed by atoms with Crippen molar-refractivity contribution < 1.29 is 4.74 Å². The molecule has 2 aromatic heterocycles. The molecule has 3 N–H and O–H groups in total. The molecule has 5 nitrogen and oxygen atoms in total. The van der Waals surface area contributed by atoms with Crippen LogP contribution in [0.25, 0.3) is 11.4 Å². The van der Waals surface area contributed by atoms with Crippen molar-refractivity contribution in [2.75, 3.05) is 5.84 Å². The average Bonchev–Trinajstić information content (AvgIpc) is 2.48. The SMILES string of the molecule is CCc1c(-c2ccc(OC3CCCCC3)c(C)n2)[nH]n1N. The Labute approximate surface area is 125 Å². The summed E-state index contributed by atoms with van der Waals surface area (Å²) in [7, 11) is 0. The molecule has 0 aromatic carbocycles. The summed E-state index contributed by atoms with van der Waals surface area (Å²) in [6, 6.07) is 4.05. The lowest BCUT2D eigenvalue weighted by molar-refractivity contribution is 0.153. The lowest BCUT2D eigenvalue weighted by atomic mass is 9.98. The number of nitrogens with zero attached hydrogens (tertiary/aromatic N) is 2. The summed E-state index contributed by atoms with van der Waals surface area (Å²) in [6.07, 6.45) is 7.46. The number of aromatic amines is 1. The van der Waals surface area contributed by atoms with Crippen molar-refractivity contribution in [2.24, 2.45) is 0 Å². The topological polar surface area (TPSA) is 68.9 Å². The number of aromatic nitrogens is 3. The predicted octanol–water partition coefficient (Wildman–Crippen LogP) is 3.17. The van der Waals surface area contributed by atoms with Gasteiger partial charge in [0.25, 0.3) is 0 Å². The van der Waals surface area contributed by atoms with Crippen LogP contribution < -0.4 is 10.6 Å². The van der Waals surface area contributed by atoms with Crippen molar-refractivity contribution in [1.82, 2.24) is 14.9 Å². The minimum Gasteiger partial charge on any atom is -0.489 e. The Morgan fingerprint density at radius 3 is 2.71 bits per heavy atom. The molecule has 1 fully saturated rings. The Morgan fingerprint density at radius 2 is 2.10 bits per heavy atom. The third kappa shape index (κ3) is 2.77. The molecular formula is C16H24N4O. The molecule has 0 amide bonds. The van der Waals surface area contributed by atoms with E-state index >= 15 is 0 Å². The van der Waals surface area contributed by atoms with Gasteiger partial charge in [-0.1, -0.05) is 13.3 Å². The van der Waals surface area contributed by atoms with Crippen LogP contribution in [0.4, 0.5) is 0 Å². The van der Waals surface area contributed by atoms with Gasteiger partial charge >= 0.3 is 0 Å². The molecule has 0 aliphatic heterocycles. The highest BCUT2D eigenvalue weighted by atomic mass is 16.5. The van der Waals surface area contributed by atoms with Crippen LogP contribution >= 0.6 is 0 Å². The number of aryl methyl sites for hydroxylation is 1. The van der Waals surface area contributed by atoms with E-state index in [0.29, 0.717) is 6.10 Å². The van der Waals surface area contributed by atoms with Gasteiger partial charge < -0.3 is 10.6 Å². The maximum atomic E-state index is 6.11. The van der Waals surface area contributed by atoms with Crippen molar-refractivity contribution in [2.45, 2.75) is 58.5 Å². The minimum absolute atomic E-state index is 0.358. The van der Waals surface area contributed by atoms with E-state index in [1.165, 1.54) is 19.3 Å². The van der Waals surface area contributed by atoms with Crippen molar-refractivity contribution >= 4 is 0 Å². The van der Waals surface area contributed by atoms with Crippen LogP contribution in [0.1, 0.15) is 50.4 Å². The van der Waals surface area contributed by atoms with Gasteiger partial charge in [0.05, 0.1) is 23.2 Å². The molecular weight excluding hydrogens is 264 g/mol. The molecule has 0 atom stereocenters. The molecule has 1 aliphatic rings. The first kappa shape index (κ1) is 14.0. The molecule has 0 bridgehead atoms. The monoisotopic (exact) mass is 288 g/mol. The second-order valence-electron chi connectivity index (χ2n) is 5.81. The Bertz CT molecular complexity index is 608. The molecule has 0 spiro atoms. The van der Waals surface area contributed by atoms with Crippen LogP contribution in [-0.4, -0.2) is 21.0 Å². The van der Waals surface area contributed by atoms with E-state index < -0.39 is 0 Å². The average molecular weight is 288 g/mol. The normalized spacial score (nSPS) is 16.3. The fourth-order valence-corrected chi connectivity index (χ4v) is 3.05. The van der Waals surface area contributed by atoms with Gasteiger partial charge in [-0.05, 0) is 51.2 Å². The third-order valence-electron chi connectivity index (χ3n) is 4.29. The molecule has 3 rings (SSSR count). The molecule has 0 saturated heterocycles. The summed E-state index contributed by atoms with van der Waals surface area (Å²) in [5, 5.41) is 3.08. The second kappa shape index (κ2) is 5.84. The van der Waals surface area contributed by atoms with Gasteiger partial charge in [0, 0.05) is 0 Å². The maximum Gasteiger partial charge on any atom is 0.140 e. The fraction of sp³-hybridized carbons (Fsp3) is 0.562. The second-order valence-corrected chi connectivity index (χ2v) is 5.81. The largest absolute Gasteiger partial charge is 0.489 e. The first-order chi connectivity index (χ1) is 10.2. The number of pyridine rings is 1. The first-order valence-electron chi connectivity index (χ1n) is 7.88. The number of rotatable bonds is 4. The van der Waals surface area contributed by atoms with Gasteiger partial charge in [-0.15, -0.1) is 0 Å². The van der Waals surface area contributed by atoms with Crippen LogP contribution in [0.5, 0.6) is 5.75 Å². The van der Waals surface area contributed by atoms with E-state index in [-0.39, 0.29) is 0 Å². The Balaban J connectivity index is 1.76. The lowest BCUT2D eigenvalue weighted by Gasteiger charge is -2.24. The summed E-state index contributed by atoms with van der Waals surface area (Å²) < 4.78 is 6.11. The highest BCUT2D eigenvalue weighted by molar-refractivity contribution is 5.59. The summed E-state index contributed by atoms with van der Waals surface area (Å²) in [4.78, 5) is 6.22. The molecule has 2 heterocycles. The molecule has 21 heavy (non-hydrogen) atoms. The number of H-pyrrole nitrogens is 1.